The van der Waals surface area contributed by atoms with Gasteiger partial charge in [-0.3, -0.25) is 9.59 Å². The number of rotatable bonds is 5. The van der Waals surface area contributed by atoms with Gasteiger partial charge in [0.05, 0.1) is 0 Å². The molecule has 0 saturated carbocycles. The third-order valence-corrected chi connectivity index (χ3v) is 1.62. The smallest absolute Gasteiger partial charge is 0.323 e. The second-order valence-electron chi connectivity index (χ2n) is 2.05. The molecule has 0 fully saturated rings. The van der Waals surface area contributed by atoms with E-state index in [-0.39, 0.29) is 12.8 Å². The lowest BCUT2D eigenvalue weighted by atomic mass is 10.2. The Morgan fingerprint density at radius 2 is 1.83 bits per heavy atom. The summed E-state index contributed by atoms with van der Waals surface area (Å²) in [6.45, 7) is 0. The number of carboxylic acids is 2. The molecule has 70 valence electrons. The van der Waals surface area contributed by atoms with Gasteiger partial charge in [0, 0.05) is 6.42 Å². The van der Waals surface area contributed by atoms with Crippen LogP contribution in [0.3, 0.4) is 0 Å². The Morgan fingerprint density at radius 1 is 1.33 bits per heavy atom. The van der Waals surface area contributed by atoms with Gasteiger partial charge in [-0.1, -0.05) is 0 Å². The zero-order valence-electron chi connectivity index (χ0n) is 5.91. The number of hydrogen-bond donors (Lipinski definition) is 2. The van der Waals surface area contributed by atoms with Crippen molar-refractivity contribution < 1.29 is 19.8 Å². The zero-order chi connectivity index (χ0) is 9.72. The molecule has 0 spiro atoms. The highest BCUT2D eigenvalue weighted by Crippen LogP contribution is 2.12. The average Bonchev–Trinajstić information content (AvgIpc) is 1.84. The largest absolute Gasteiger partial charge is 0.481 e. The molecule has 0 radical (unpaired) electrons. The summed E-state index contributed by atoms with van der Waals surface area (Å²) in [5.74, 6) is -2.34. The predicted molar refractivity (Wildman–Crippen MR) is 41.8 cm³/mol. The van der Waals surface area contributed by atoms with Crippen molar-refractivity contribution in [1.29, 1.82) is 0 Å². The Bertz CT molecular complexity index is 184. The summed E-state index contributed by atoms with van der Waals surface area (Å²) >= 11 is 10.3. The van der Waals surface area contributed by atoms with Crippen LogP contribution in [0, 0.1) is 0 Å². The van der Waals surface area contributed by atoms with Gasteiger partial charge >= 0.3 is 11.9 Å². The van der Waals surface area contributed by atoms with Gasteiger partial charge in [0.15, 0.2) is 0 Å². The lowest BCUT2D eigenvalue weighted by molar-refractivity contribution is -0.141. The van der Waals surface area contributed by atoms with Crippen LogP contribution in [-0.4, -0.2) is 32.1 Å². The lowest BCUT2D eigenvalue weighted by Crippen LogP contribution is -2.29. The first-order valence-corrected chi connectivity index (χ1v) is 3.68. The summed E-state index contributed by atoms with van der Waals surface area (Å²) in [4.78, 5) is 20.4. The second kappa shape index (κ2) is 5.18. The molecule has 12 heavy (non-hydrogen) atoms. The fourth-order valence-electron chi connectivity index (χ4n) is 0.565. The van der Waals surface area contributed by atoms with Crippen molar-refractivity contribution in [3.05, 3.63) is 0 Å². The summed E-state index contributed by atoms with van der Waals surface area (Å²) in [6, 6.07) is -1.18. The van der Waals surface area contributed by atoms with E-state index in [1.165, 1.54) is 0 Å². The number of halogens is 2. The SMILES string of the molecule is O=C(O)CCC(C(=O)O)N(Cl)Cl. The van der Waals surface area contributed by atoms with Crippen LogP contribution in [0.1, 0.15) is 12.8 Å². The van der Waals surface area contributed by atoms with Crippen LogP contribution in [0.15, 0.2) is 0 Å². The van der Waals surface area contributed by atoms with Crippen molar-refractivity contribution in [3.63, 3.8) is 0 Å². The molecule has 1 atom stereocenters. The van der Waals surface area contributed by atoms with Crippen molar-refractivity contribution in [3.8, 4) is 0 Å². The zero-order valence-corrected chi connectivity index (χ0v) is 7.42. The lowest BCUT2D eigenvalue weighted by Gasteiger charge is -2.12. The Kier molecular flexibility index (Phi) is 4.96. The molecule has 0 aliphatic carbocycles. The molecular formula is C5H7Cl2NO4. The highest BCUT2D eigenvalue weighted by Gasteiger charge is 2.23. The van der Waals surface area contributed by atoms with Crippen LogP contribution < -0.4 is 0 Å². The maximum absolute atomic E-state index is 10.3. The Balaban J connectivity index is 3.97. The van der Waals surface area contributed by atoms with Crippen LogP contribution in [-0.2, 0) is 9.59 Å². The van der Waals surface area contributed by atoms with Crippen LogP contribution in [0.2, 0.25) is 0 Å². The van der Waals surface area contributed by atoms with Crippen LogP contribution in [0.25, 0.3) is 0 Å². The average molecular weight is 216 g/mol. The minimum Gasteiger partial charge on any atom is -0.481 e. The molecule has 0 bridgehead atoms. The number of nitrogens with zero attached hydrogens (tertiary/aromatic N) is 1. The van der Waals surface area contributed by atoms with E-state index < -0.39 is 18.0 Å². The van der Waals surface area contributed by atoms with Crippen LogP contribution >= 0.6 is 23.6 Å². The van der Waals surface area contributed by atoms with Gasteiger partial charge in [-0.15, -0.1) is 3.94 Å². The summed E-state index contributed by atoms with van der Waals surface area (Å²) in [7, 11) is 0. The van der Waals surface area contributed by atoms with Gasteiger partial charge in [0.1, 0.15) is 6.04 Å². The normalized spacial score (nSPS) is 12.9. The fraction of sp³-hybridized carbons (Fsp3) is 0.600. The second-order valence-corrected chi connectivity index (χ2v) is 2.95. The maximum Gasteiger partial charge on any atom is 0.323 e. The molecule has 0 saturated heterocycles. The Morgan fingerprint density at radius 3 is 2.08 bits per heavy atom. The molecule has 0 aromatic heterocycles. The molecular weight excluding hydrogens is 209 g/mol. The van der Waals surface area contributed by atoms with E-state index in [1.54, 1.807) is 0 Å². The standard InChI is InChI=1S/C5H7Cl2NO4/c6-8(7)3(5(11)12)1-2-4(9)10/h3H,1-2H2,(H,9,10)(H,11,12). The molecule has 0 aromatic rings. The molecule has 0 aromatic carbocycles. The molecule has 7 heteroatoms. The quantitative estimate of drug-likeness (QED) is 0.668. The molecule has 0 heterocycles. The molecule has 1 unspecified atom stereocenters. The van der Waals surface area contributed by atoms with Crippen molar-refractivity contribution in [2.45, 2.75) is 18.9 Å². The van der Waals surface area contributed by atoms with E-state index in [0.717, 1.165) is 0 Å². The Labute approximate surface area is 78.7 Å². The highest BCUT2D eigenvalue weighted by molar-refractivity contribution is 6.34. The van der Waals surface area contributed by atoms with Crippen LogP contribution in [0.5, 0.6) is 0 Å². The van der Waals surface area contributed by atoms with E-state index in [9.17, 15) is 9.59 Å². The van der Waals surface area contributed by atoms with Gasteiger partial charge in [0.2, 0.25) is 0 Å². The number of aliphatic carboxylic acids is 2. The molecule has 0 amide bonds. The van der Waals surface area contributed by atoms with Crippen molar-refractivity contribution >= 4 is 35.5 Å². The summed E-state index contributed by atoms with van der Waals surface area (Å²) in [5.41, 5.74) is 0. The highest BCUT2D eigenvalue weighted by atomic mass is 35.5. The van der Waals surface area contributed by atoms with Crippen molar-refractivity contribution in [2.24, 2.45) is 0 Å². The predicted octanol–water partition coefficient (Wildman–Crippen LogP) is 0.914. The summed E-state index contributed by atoms with van der Waals surface area (Å²) in [5, 5.41) is 16.7. The van der Waals surface area contributed by atoms with Gasteiger partial charge in [-0.25, -0.2) is 0 Å². The van der Waals surface area contributed by atoms with Gasteiger partial charge in [-0.2, -0.15) is 0 Å². The van der Waals surface area contributed by atoms with Gasteiger partial charge in [0.25, 0.3) is 0 Å². The first-order chi connectivity index (χ1) is 5.45. The molecule has 0 aliphatic rings. The molecule has 0 aliphatic heterocycles. The van der Waals surface area contributed by atoms with E-state index in [1.807, 2.05) is 0 Å². The first-order valence-electron chi connectivity index (χ1n) is 3.00. The molecule has 0 rings (SSSR count). The van der Waals surface area contributed by atoms with E-state index in [4.69, 9.17) is 33.8 Å². The van der Waals surface area contributed by atoms with Crippen LogP contribution in [0.4, 0.5) is 0 Å². The first kappa shape index (κ1) is 11.5. The molecule has 2 N–H and O–H groups in total. The Hall–Kier alpha value is -0.520. The topological polar surface area (TPSA) is 77.8 Å². The van der Waals surface area contributed by atoms with Gasteiger partial charge < -0.3 is 10.2 Å². The minimum absolute atomic E-state index is 0.127. The maximum atomic E-state index is 10.3. The third-order valence-electron chi connectivity index (χ3n) is 1.15. The van der Waals surface area contributed by atoms with E-state index in [0.29, 0.717) is 3.94 Å². The van der Waals surface area contributed by atoms with E-state index >= 15 is 0 Å². The molecule has 5 nitrogen and oxygen atoms in total. The minimum atomic E-state index is -1.25. The monoisotopic (exact) mass is 215 g/mol. The van der Waals surface area contributed by atoms with Crippen molar-refractivity contribution in [1.82, 2.24) is 3.94 Å². The van der Waals surface area contributed by atoms with E-state index in [2.05, 4.69) is 0 Å². The summed E-state index contributed by atoms with van der Waals surface area (Å²) in [6.07, 6.45) is -0.412. The van der Waals surface area contributed by atoms with Gasteiger partial charge in [-0.05, 0) is 30.0 Å². The number of carbonyl (C=O) groups is 2. The third kappa shape index (κ3) is 4.38. The van der Waals surface area contributed by atoms with Crippen molar-refractivity contribution in [2.75, 3.05) is 0 Å². The number of hydrogen-bond acceptors (Lipinski definition) is 3. The number of carboxylic acid groups (broad SMARTS) is 2. The fourth-order valence-corrected chi connectivity index (χ4v) is 0.927. The summed E-state index contributed by atoms with van der Waals surface area (Å²) < 4.78 is 0.436.